The summed E-state index contributed by atoms with van der Waals surface area (Å²) >= 11 is 0. The monoisotopic (exact) mass is 301 g/mol. The topological polar surface area (TPSA) is 84.2 Å². The predicted molar refractivity (Wildman–Crippen MR) is 81.4 cm³/mol. The lowest BCUT2D eigenvalue weighted by Gasteiger charge is -2.17. The first kappa shape index (κ1) is 15.8. The molecule has 0 radical (unpaired) electrons. The predicted octanol–water partition coefficient (Wildman–Crippen LogP) is 2.24. The number of hydrogen-bond acceptors (Lipinski definition) is 3. The number of aromatic nitrogens is 2. The molecule has 0 aliphatic carbocycles. The minimum atomic E-state index is -1.07. The fourth-order valence-electron chi connectivity index (χ4n) is 2.19. The maximum atomic E-state index is 12.0. The molecule has 6 nitrogen and oxygen atoms in total. The van der Waals surface area contributed by atoms with Crippen molar-refractivity contribution in [2.45, 2.75) is 32.4 Å². The summed E-state index contributed by atoms with van der Waals surface area (Å²) in [5, 5.41) is 15.7. The Balaban J connectivity index is 1.87. The van der Waals surface area contributed by atoms with Crippen LogP contribution in [0.3, 0.4) is 0 Å². The summed E-state index contributed by atoms with van der Waals surface area (Å²) in [6.07, 6.45) is 2.62. The zero-order valence-corrected chi connectivity index (χ0v) is 12.4. The van der Waals surface area contributed by atoms with Crippen molar-refractivity contribution in [3.63, 3.8) is 0 Å². The number of rotatable bonds is 7. The molecule has 0 fully saturated rings. The molecule has 0 aliphatic rings. The minimum Gasteiger partial charge on any atom is -0.476 e. The zero-order chi connectivity index (χ0) is 15.9. The summed E-state index contributed by atoms with van der Waals surface area (Å²) in [5.74, 6) is -1.15. The number of amides is 1. The van der Waals surface area contributed by atoms with Crippen molar-refractivity contribution in [1.82, 2.24) is 15.1 Å². The Morgan fingerprint density at radius 3 is 2.59 bits per heavy atom. The molecule has 1 aromatic carbocycles. The molecule has 2 N–H and O–H groups in total. The second kappa shape index (κ2) is 7.40. The van der Waals surface area contributed by atoms with Gasteiger partial charge < -0.3 is 10.4 Å². The number of hydrogen-bond donors (Lipinski definition) is 2. The molecule has 1 amide bonds. The Hall–Kier alpha value is -2.63. The summed E-state index contributed by atoms with van der Waals surface area (Å²) in [6.45, 7) is 2.37. The molecule has 0 aliphatic heterocycles. The van der Waals surface area contributed by atoms with Gasteiger partial charge in [-0.3, -0.25) is 9.48 Å². The first-order chi connectivity index (χ1) is 10.6. The third-order valence-corrected chi connectivity index (χ3v) is 3.37. The number of carbonyl (C=O) groups excluding carboxylic acids is 1. The van der Waals surface area contributed by atoms with E-state index >= 15 is 0 Å². The van der Waals surface area contributed by atoms with Crippen LogP contribution in [0.25, 0.3) is 0 Å². The van der Waals surface area contributed by atoms with Crippen LogP contribution in [0, 0.1) is 0 Å². The number of carboxylic acid groups (broad SMARTS) is 1. The number of aromatic carboxylic acids is 1. The lowest BCUT2D eigenvalue weighted by Crippen LogP contribution is -2.28. The molecular weight excluding hydrogens is 282 g/mol. The normalized spacial score (nSPS) is 11.9. The number of carbonyl (C=O) groups is 2. The number of nitrogens with zero attached hydrogens (tertiary/aromatic N) is 2. The van der Waals surface area contributed by atoms with E-state index in [1.54, 1.807) is 6.20 Å². The Bertz CT molecular complexity index is 637. The Morgan fingerprint density at radius 1 is 1.27 bits per heavy atom. The molecule has 1 aromatic heterocycles. The Labute approximate surface area is 128 Å². The van der Waals surface area contributed by atoms with Gasteiger partial charge in [-0.05, 0) is 18.1 Å². The van der Waals surface area contributed by atoms with Gasteiger partial charge in [-0.2, -0.15) is 5.10 Å². The molecule has 6 heteroatoms. The van der Waals surface area contributed by atoms with Crippen LogP contribution >= 0.6 is 0 Å². The zero-order valence-electron chi connectivity index (χ0n) is 12.4. The molecule has 0 saturated carbocycles. The van der Waals surface area contributed by atoms with Crippen LogP contribution < -0.4 is 5.32 Å². The van der Waals surface area contributed by atoms with E-state index in [-0.39, 0.29) is 24.1 Å². The quantitative estimate of drug-likeness (QED) is 0.821. The van der Waals surface area contributed by atoms with Crippen LogP contribution in [0.1, 0.15) is 41.9 Å². The molecule has 116 valence electrons. The third kappa shape index (κ3) is 4.18. The maximum Gasteiger partial charge on any atom is 0.356 e. The molecule has 0 spiro atoms. The molecule has 1 unspecified atom stereocenters. The average molecular weight is 301 g/mol. The van der Waals surface area contributed by atoms with E-state index in [1.807, 2.05) is 37.3 Å². The average Bonchev–Trinajstić information content (AvgIpc) is 3.01. The maximum absolute atomic E-state index is 12.0. The van der Waals surface area contributed by atoms with Gasteiger partial charge in [-0.25, -0.2) is 4.79 Å². The highest BCUT2D eigenvalue weighted by atomic mass is 16.4. The van der Waals surface area contributed by atoms with Gasteiger partial charge >= 0.3 is 5.97 Å². The van der Waals surface area contributed by atoms with Crippen LogP contribution in [0.2, 0.25) is 0 Å². The van der Waals surface area contributed by atoms with Crippen molar-refractivity contribution < 1.29 is 14.7 Å². The van der Waals surface area contributed by atoms with Gasteiger partial charge in [-0.1, -0.05) is 37.3 Å². The number of aryl methyl sites for hydroxylation is 1. The lowest BCUT2D eigenvalue weighted by molar-refractivity contribution is -0.122. The second-order valence-electron chi connectivity index (χ2n) is 4.96. The van der Waals surface area contributed by atoms with Crippen molar-refractivity contribution in [3.8, 4) is 0 Å². The van der Waals surface area contributed by atoms with E-state index < -0.39 is 5.97 Å². The van der Waals surface area contributed by atoms with E-state index in [9.17, 15) is 9.59 Å². The van der Waals surface area contributed by atoms with Crippen molar-refractivity contribution in [3.05, 3.63) is 53.9 Å². The molecule has 0 saturated heterocycles. The van der Waals surface area contributed by atoms with E-state index in [2.05, 4.69) is 10.4 Å². The molecule has 22 heavy (non-hydrogen) atoms. The first-order valence-corrected chi connectivity index (χ1v) is 7.21. The van der Waals surface area contributed by atoms with E-state index in [0.29, 0.717) is 6.54 Å². The standard InChI is InChI=1S/C16H19N3O3/c1-2-13(12-6-4-3-5-7-12)17-15(20)9-11-19-10-8-14(18-19)16(21)22/h3-8,10,13H,2,9,11H2,1H3,(H,17,20)(H,21,22). The summed E-state index contributed by atoms with van der Waals surface area (Å²) < 4.78 is 1.46. The van der Waals surface area contributed by atoms with Gasteiger partial charge in [0.1, 0.15) is 0 Å². The Morgan fingerprint density at radius 2 is 2.00 bits per heavy atom. The molecule has 0 bridgehead atoms. The number of carboxylic acids is 1. The highest BCUT2D eigenvalue weighted by Crippen LogP contribution is 2.15. The van der Waals surface area contributed by atoms with Gasteiger partial charge in [0.05, 0.1) is 6.04 Å². The van der Waals surface area contributed by atoms with Crippen molar-refractivity contribution in [2.24, 2.45) is 0 Å². The van der Waals surface area contributed by atoms with Crippen LogP contribution in [-0.4, -0.2) is 26.8 Å². The van der Waals surface area contributed by atoms with Gasteiger partial charge in [0, 0.05) is 19.2 Å². The lowest BCUT2D eigenvalue weighted by atomic mass is 10.0. The highest BCUT2D eigenvalue weighted by Gasteiger charge is 2.13. The molecule has 1 heterocycles. The SMILES string of the molecule is CCC(NC(=O)CCn1ccc(C(=O)O)n1)c1ccccc1. The summed E-state index contributed by atoms with van der Waals surface area (Å²) in [5.41, 5.74) is 1.06. The summed E-state index contributed by atoms with van der Waals surface area (Å²) in [7, 11) is 0. The molecule has 1 atom stereocenters. The number of nitrogens with one attached hydrogen (secondary N) is 1. The largest absolute Gasteiger partial charge is 0.476 e. The van der Waals surface area contributed by atoms with Gasteiger partial charge in [0.25, 0.3) is 0 Å². The summed E-state index contributed by atoms with van der Waals surface area (Å²) in [4.78, 5) is 22.8. The van der Waals surface area contributed by atoms with Crippen molar-refractivity contribution in [2.75, 3.05) is 0 Å². The smallest absolute Gasteiger partial charge is 0.356 e. The molecule has 2 rings (SSSR count). The van der Waals surface area contributed by atoms with E-state index in [0.717, 1.165) is 12.0 Å². The third-order valence-electron chi connectivity index (χ3n) is 3.37. The fourth-order valence-corrected chi connectivity index (χ4v) is 2.19. The fraction of sp³-hybridized carbons (Fsp3) is 0.312. The first-order valence-electron chi connectivity index (χ1n) is 7.21. The number of benzene rings is 1. The van der Waals surface area contributed by atoms with Crippen LogP contribution in [0.5, 0.6) is 0 Å². The minimum absolute atomic E-state index is 0.0131. The molecule has 2 aromatic rings. The molecular formula is C16H19N3O3. The van der Waals surface area contributed by atoms with Crippen LogP contribution in [0.15, 0.2) is 42.6 Å². The van der Waals surface area contributed by atoms with Crippen LogP contribution in [0.4, 0.5) is 0 Å². The van der Waals surface area contributed by atoms with E-state index in [4.69, 9.17) is 5.11 Å². The van der Waals surface area contributed by atoms with Crippen molar-refractivity contribution >= 4 is 11.9 Å². The summed E-state index contributed by atoms with van der Waals surface area (Å²) in [6, 6.07) is 11.2. The highest BCUT2D eigenvalue weighted by molar-refractivity contribution is 5.85. The van der Waals surface area contributed by atoms with Gasteiger partial charge in [-0.15, -0.1) is 0 Å². The van der Waals surface area contributed by atoms with E-state index in [1.165, 1.54) is 10.7 Å². The second-order valence-corrected chi connectivity index (χ2v) is 4.96. The van der Waals surface area contributed by atoms with Crippen molar-refractivity contribution in [1.29, 1.82) is 0 Å². The van der Waals surface area contributed by atoms with Gasteiger partial charge in [0.2, 0.25) is 5.91 Å². The Kier molecular flexibility index (Phi) is 5.30. The van der Waals surface area contributed by atoms with Gasteiger partial charge in [0.15, 0.2) is 5.69 Å². The van der Waals surface area contributed by atoms with Crippen LogP contribution in [-0.2, 0) is 11.3 Å².